The summed E-state index contributed by atoms with van der Waals surface area (Å²) in [7, 11) is 0. The highest BCUT2D eigenvalue weighted by Crippen LogP contribution is 2.32. The minimum atomic E-state index is 0.202. The van der Waals surface area contributed by atoms with E-state index < -0.39 is 0 Å². The monoisotopic (exact) mass is 279 g/mol. The molecule has 0 aliphatic rings. The normalized spacial score (nSPS) is 14.2. The third kappa shape index (κ3) is 3.93. The predicted molar refractivity (Wildman–Crippen MR) is 86.1 cm³/mol. The molecule has 3 heteroatoms. The average Bonchev–Trinajstić information content (AvgIpc) is 2.37. The van der Waals surface area contributed by atoms with E-state index in [0.717, 1.165) is 5.75 Å². The molecule has 2 atom stereocenters. The van der Waals surface area contributed by atoms with Gasteiger partial charge in [-0.05, 0) is 36.0 Å². The Hall–Kier alpha value is -1.09. The van der Waals surface area contributed by atoms with Gasteiger partial charge in [-0.1, -0.05) is 52.0 Å². The van der Waals surface area contributed by atoms with Gasteiger partial charge in [-0.15, -0.1) is 0 Å². The van der Waals surface area contributed by atoms with E-state index in [9.17, 15) is 0 Å². The summed E-state index contributed by atoms with van der Waals surface area (Å²) >= 11 is 5.10. The van der Waals surface area contributed by atoms with Gasteiger partial charge in [0.05, 0.1) is 11.6 Å². The van der Waals surface area contributed by atoms with E-state index in [-0.39, 0.29) is 5.92 Å². The van der Waals surface area contributed by atoms with Crippen LogP contribution in [0, 0.1) is 5.92 Å². The number of nitrogens with two attached hydrogens (primary N) is 1. The van der Waals surface area contributed by atoms with Gasteiger partial charge in [0.1, 0.15) is 5.75 Å². The minimum Gasteiger partial charge on any atom is -0.494 e. The number of benzene rings is 1. The summed E-state index contributed by atoms with van der Waals surface area (Å²) in [5.41, 5.74) is 8.28. The van der Waals surface area contributed by atoms with Gasteiger partial charge < -0.3 is 10.5 Å². The summed E-state index contributed by atoms with van der Waals surface area (Å²) in [5.74, 6) is 1.95. The molecule has 19 heavy (non-hydrogen) atoms. The van der Waals surface area contributed by atoms with Gasteiger partial charge in [0.15, 0.2) is 0 Å². The maximum Gasteiger partial charge on any atom is 0.122 e. The van der Waals surface area contributed by atoms with Crippen LogP contribution in [-0.4, -0.2) is 11.6 Å². The molecule has 0 aromatic heterocycles. The van der Waals surface area contributed by atoms with Crippen LogP contribution in [0.25, 0.3) is 0 Å². The number of thiocarbonyl (C=S) groups is 1. The van der Waals surface area contributed by atoms with Gasteiger partial charge in [0.2, 0.25) is 0 Å². The molecule has 1 aromatic rings. The maximum absolute atomic E-state index is 5.76. The molecule has 1 aromatic carbocycles. The van der Waals surface area contributed by atoms with Gasteiger partial charge in [-0.2, -0.15) is 0 Å². The van der Waals surface area contributed by atoms with Crippen LogP contribution in [0.15, 0.2) is 18.2 Å². The zero-order valence-electron chi connectivity index (χ0n) is 12.6. The Balaban J connectivity index is 3.10. The lowest BCUT2D eigenvalue weighted by Gasteiger charge is -2.22. The molecule has 0 radical (unpaired) electrons. The van der Waals surface area contributed by atoms with E-state index in [2.05, 4.69) is 45.9 Å². The van der Waals surface area contributed by atoms with Crippen molar-refractivity contribution in [2.75, 3.05) is 6.61 Å². The molecule has 2 nitrogen and oxygen atoms in total. The maximum atomic E-state index is 5.76. The van der Waals surface area contributed by atoms with E-state index >= 15 is 0 Å². The van der Waals surface area contributed by atoms with Crippen LogP contribution in [0.2, 0.25) is 0 Å². The fourth-order valence-electron chi connectivity index (χ4n) is 2.12. The van der Waals surface area contributed by atoms with Crippen LogP contribution in [0.5, 0.6) is 5.75 Å². The smallest absolute Gasteiger partial charge is 0.122 e. The number of hydrogen-bond donors (Lipinski definition) is 1. The van der Waals surface area contributed by atoms with E-state index in [1.165, 1.54) is 11.1 Å². The van der Waals surface area contributed by atoms with Crippen LogP contribution in [0.4, 0.5) is 0 Å². The van der Waals surface area contributed by atoms with Crippen molar-refractivity contribution < 1.29 is 4.74 Å². The van der Waals surface area contributed by atoms with Gasteiger partial charge in [0.25, 0.3) is 0 Å². The van der Waals surface area contributed by atoms with E-state index in [1.807, 2.05) is 6.92 Å². The Labute approximate surface area is 122 Å². The molecule has 0 saturated carbocycles. The molecule has 1 rings (SSSR count). The number of rotatable bonds is 6. The molecule has 0 bridgehead atoms. The molecule has 0 spiro atoms. The lowest BCUT2D eigenvalue weighted by atomic mass is 9.86. The molecule has 2 unspecified atom stereocenters. The van der Waals surface area contributed by atoms with Gasteiger partial charge >= 0.3 is 0 Å². The Bertz CT molecular complexity index is 442. The van der Waals surface area contributed by atoms with Crippen molar-refractivity contribution in [1.29, 1.82) is 0 Å². The van der Waals surface area contributed by atoms with Crippen molar-refractivity contribution >= 4 is 17.2 Å². The van der Waals surface area contributed by atoms with E-state index in [4.69, 9.17) is 22.7 Å². The molecule has 0 fully saturated rings. The molecule has 106 valence electrons. The van der Waals surface area contributed by atoms with E-state index in [0.29, 0.717) is 23.4 Å². The summed E-state index contributed by atoms with van der Waals surface area (Å²) in [6.45, 7) is 11.3. The quantitative estimate of drug-likeness (QED) is 0.791. The SMILES string of the molecule is CCOc1ccc(C(C)C(C)C(N)=S)cc1C(C)C. The average molecular weight is 279 g/mol. The molecule has 2 N–H and O–H groups in total. The van der Waals surface area contributed by atoms with Crippen molar-refractivity contribution in [2.24, 2.45) is 11.7 Å². The first-order valence-corrected chi connectivity index (χ1v) is 7.35. The highest BCUT2D eigenvalue weighted by Gasteiger charge is 2.18. The second-order valence-corrected chi connectivity index (χ2v) is 5.84. The first-order chi connectivity index (χ1) is 8.88. The van der Waals surface area contributed by atoms with Gasteiger partial charge in [-0.3, -0.25) is 0 Å². The van der Waals surface area contributed by atoms with Crippen molar-refractivity contribution in [3.05, 3.63) is 29.3 Å². The van der Waals surface area contributed by atoms with Crippen LogP contribution in [-0.2, 0) is 0 Å². The Morgan fingerprint density at radius 1 is 1.26 bits per heavy atom. The van der Waals surface area contributed by atoms with Crippen LogP contribution in [0.3, 0.4) is 0 Å². The Morgan fingerprint density at radius 2 is 1.89 bits per heavy atom. The molecular formula is C16H25NOS. The number of hydrogen-bond acceptors (Lipinski definition) is 2. The summed E-state index contributed by atoms with van der Waals surface area (Å²) in [5, 5.41) is 0. The third-order valence-electron chi connectivity index (χ3n) is 3.68. The zero-order chi connectivity index (χ0) is 14.6. The van der Waals surface area contributed by atoms with Gasteiger partial charge in [-0.25, -0.2) is 0 Å². The third-order valence-corrected chi connectivity index (χ3v) is 4.05. The first-order valence-electron chi connectivity index (χ1n) is 6.94. The Morgan fingerprint density at radius 3 is 2.37 bits per heavy atom. The van der Waals surface area contributed by atoms with Crippen molar-refractivity contribution in [1.82, 2.24) is 0 Å². The summed E-state index contributed by atoms with van der Waals surface area (Å²) in [6, 6.07) is 6.42. The van der Waals surface area contributed by atoms with Crippen LogP contribution in [0.1, 0.15) is 57.6 Å². The highest BCUT2D eigenvalue weighted by molar-refractivity contribution is 7.80. The highest BCUT2D eigenvalue weighted by atomic mass is 32.1. The molecular weight excluding hydrogens is 254 g/mol. The summed E-state index contributed by atoms with van der Waals surface area (Å²) in [6.07, 6.45) is 0. The summed E-state index contributed by atoms with van der Waals surface area (Å²) < 4.78 is 5.69. The fraction of sp³-hybridized carbons (Fsp3) is 0.562. The van der Waals surface area contributed by atoms with E-state index in [1.54, 1.807) is 0 Å². The first kappa shape index (κ1) is 16.0. The van der Waals surface area contributed by atoms with Crippen LogP contribution < -0.4 is 10.5 Å². The van der Waals surface area contributed by atoms with Crippen molar-refractivity contribution in [3.8, 4) is 5.75 Å². The predicted octanol–water partition coefficient (Wildman–Crippen LogP) is 4.23. The van der Waals surface area contributed by atoms with Crippen LogP contribution >= 0.6 is 12.2 Å². The molecule has 0 amide bonds. The molecule has 0 aliphatic carbocycles. The molecule has 0 heterocycles. The van der Waals surface area contributed by atoms with Crippen molar-refractivity contribution in [3.63, 3.8) is 0 Å². The van der Waals surface area contributed by atoms with Crippen molar-refractivity contribution in [2.45, 2.75) is 46.5 Å². The zero-order valence-corrected chi connectivity index (χ0v) is 13.4. The molecule has 0 aliphatic heterocycles. The lowest BCUT2D eigenvalue weighted by molar-refractivity contribution is 0.335. The summed E-state index contributed by atoms with van der Waals surface area (Å²) in [4.78, 5) is 0.576. The standard InChI is InChI=1S/C16H25NOS/c1-6-18-15-8-7-13(9-14(15)10(2)3)11(4)12(5)16(17)19/h7-12H,6H2,1-5H3,(H2,17,19). The fourth-order valence-corrected chi connectivity index (χ4v) is 2.33. The number of ether oxygens (including phenoxy) is 1. The Kier molecular flexibility index (Phi) is 5.80. The second-order valence-electron chi connectivity index (χ2n) is 5.36. The lowest BCUT2D eigenvalue weighted by Crippen LogP contribution is -2.23. The van der Waals surface area contributed by atoms with Gasteiger partial charge in [0, 0.05) is 5.92 Å². The minimum absolute atomic E-state index is 0.202. The largest absolute Gasteiger partial charge is 0.494 e. The second kappa shape index (κ2) is 6.90. The molecule has 0 saturated heterocycles. The topological polar surface area (TPSA) is 35.2 Å².